The highest BCUT2D eigenvalue weighted by molar-refractivity contribution is 7.99. The molecule has 2 aromatic rings. The molecule has 0 atom stereocenters. The Morgan fingerprint density at radius 1 is 1.39 bits per heavy atom. The summed E-state index contributed by atoms with van der Waals surface area (Å²) < 4.78 is 6.55. The average molecular weight is 266 g/mol. The first-order chi connectivity index (χ1) is 8.85. The van der Waals surface area contributed by atoms with Gasteiger partial charge in [0.25, 0.3) is 5.95 Å². The Hall–Kier alpha value is -1.78. The molecule has 3 N–H and O–H groups in total. The van der Waals surface area contributed by atoms with Gasteiger partial charge in [-0.1, -0.05) is 11.8 Å². The van der Waals surface area contributed by atoms with Gasteiger partial charge in [0, 0.05) is 0 Å². The second-order valence-corrected chi connectivity index (χ2v) is 4.77. The van der Waals surface area contributed by atoms with Crippen LogP contribution in [0.5, 0.6) is 0 Å². The predicted octanol–water partition coefficient (Wildman–Crippen LogP) is -0.771. The van der Waals surface area contributed by atoms with Gasteiger partial charge in [0.1, 0.15) is 12.7 Å². The smallest absolute Gasteiger partial charge is 0.257 e. The third kappa shape index (κ3) is 2.25. The molecule has 1 saturated heterocycles. The third-order valence-electron chi connectivity index (χ3n) is 2.24. The first-order valence-electron chi connectivity index (χ1n) is 5.17. The van der Waals surface area contributed by atoms with Crippen molar-refractivity contribution >= 4 is 17.7 Å². The lowest BCUT2D eigenvalue weighted by atomic mass is 10.4. The highest BCUT2D eigenvalue weighted by Crippen LogP contribution is 2.25. The van der Waals surface area contributed by atoms with Gasteiger partial charge < -0.3 is 4.74 Å². The first-order valence-corrected chi connectivity index (χ1v) is 6.05. The molecule has 0 radical (unpaired) electrons. The predicted molar refractivity (Wildman–Crippen MR) is 63.0 cm³/mol. The van der Waals surface area contributed by atoms with E-state index in [1.165, 1.54) is 29.1 Å². The second-order valence-electron chi connectivity index (χ2n) is 3.50. The van der Waals surface area contributed by atoms with Crippen LogP contribution in [-0.2, 0) is 4.74 Å². The molecule has 0 saturated carbocycles. The van der Waals surface area contributed by atoms with Crippen LogP contribution >= 0.6 is 11.8 Å². The Balaban J connectivity index is 1.90. The lowest BCUT2D eigenvalue weighted by Crippen LogP contribution is -2.30. The number of hydrogen-bond donors (Lipinski definition) is 2. The van der Waals surface area contributed by atoms with Crippen molar-refractivity contribution in [1.82, 2.24) is 29.7 Å². The Morgan fingerprint density at radius 3 is 2.89 bits per heavy atom. The largest absolute Gasteiger partial charge is 0.379 e. The molecule has 0 aliphatic carbocycles. The topological polar surface area (TPSA) is 117 Å². The van der Waals surface area contributed by atoms with Crippen molar-refractivity contribution in [1.29, 1.82) is 0 Å². The summed E-state index contributed by atoms with van der Waals surface area (Å²) in [6.07, 6.45) is 2.92. The van der Waals surface area contributed by atoms with Crippen molar-refractivity contribution in [2.45, 2.75) is 10.4 Å². The summed E-state index contributed by atoms with van der Waals surface area (Å²) in [6, 6.07) is 0. The highest BCUT2D eigenvalue weighted by Gasteiger charge is 2.22. The number of hydrazine groups is 1. The molecule has 0 amide bonds. The molecule has 3 heterocycles. The fraction of sp³-hybridized carbons (Fsp3) is 0.375. The molecular formula is C8H10N8OS. The summed E-state index contributed by atoms with van der Waals surface area (Å²) in [5, 5.41) is 4.92. The Labute approximate surface area is 106 Å². The first kappa shape index (κ1) is 11.3. The summed E-state index contributed by atoms with van der Waals surface area (Å²) >= 11 is 1.53. The third-order valence-corrected chi connectivity index (χ3v) is 3.23. The second kappa shape index (κ2) is 4.84. The van der Waals surface area contributed by atoms with Gasteiger partial charge >= 0.3 is 0 Å². The van der Waals surface area contributed by atoms with E-state index in [2.05, 4.69) is 30.5 Å². The molecule has 94 valence electrons. The van der Waals surface area contributed by atoms with Crippen LogP contribution < -0.4 is 11.3 Å². The van der Waals surface area contributed by atoms with Gasteiger partial charge in [-0.15, -0.1) is 0 Å². The number of nitrogen functional groups attached to an aromatic ring is 1. The zero-order chi connectivity index (χ0) is 12.4. The van der Waals surface area contributed by atoms with E-state index in [0.717, 1.165) is 0 Å². The maximum Gasteiger partial charge on any atom is 0.257 e. The molecule has 9 nitrogen and oxygen atoms in total. The number of ether oxygens (including phenoxy) is 1. The van der Waals surface area contributed by atoms with Crippen LogP contribution in [0.15, 0.2) is 17.8 Å². The molecule has 0 aromatic carbocycles. The summed E-state index contributed by atoms with van der Waals surface area (Å²) in [4.78, 5) is 16.4. The number of nitrogens with zero attached hydrogens (tertiary/aromatic N) is 6. The molecule has 18 heavy (non-hydrogen) atoms. The van der Waals surface area contributed by atoms with E-state index in [-0.39, 0.29) is 0 Å². The highest BCUT2D eigenvalue weighted by atomic mass is 32.2. The van der Waals surface area contributed by atoms with Crippen LogP contribution in [0, 0.1) is 0 Å². The van der Waals surface area contributed by atoms with E-state index in [4.69, 9.17) is 10.6 Å². The molecule has 0 unspecified atom stereocenters. The minimum atomic E-state index is 0.290. The number of thioether (sulfide) groups is 1. The van der Waals surface area contributed by atoms with Gasteiger partial charge in [-0.05, 0) is 0 Å². The van der Waals surface area contributed by atoms with Crippen LogP contribution in [-0.4, -0.2) is 48.2 Å². The summed E-state index contributed by atoms with van der Waals surface area (Å²) in [5.74, 6) is 6.00. The quantitative estimate of drug-likeness (QED) is 0.543. The molecule has 10 heteroatoms. The molecule has 3 rings (SSSR count). The van der Waals surface area contributed by atoms with E-state index in [0.29, 0.717) is 35.5 Å². The van der Waals surface area contributed by atoms with E-state index in [9.17, 15) is 0 Å². The van der Waals surface area contributed by atoms with E-state index in [1.54, 1.807) is 0 Å². The molecule has 2 aromatic heterocycles. The van der Waals surface area contributed by atoms with Crippen LogP contribution in [0.25, 0.3) is 5.95 Å². The zero-order valence-corrected chi connectivity index (χ0v) is 10.0. The number of hydrogen-bond acceptors (Lipinski definition) is 9. The van der Waals surface area contributed by atoms with E-state index in [1.807, 2.05) is 0 Å². The van der Waals surface area contributed by atoms with Gasteiger partial charge in [0.05, 0.1) is 18.5 Å². The maximum absolute atomic E-state index is 5.34. The van der Waals surface area contributed by atoms with Gasteiger partial charge in [-0.3, -0.25) is 5.43 Å². The SMILES string of the molecule is NNc1nc(SC2COC2)nc(-n2cncn2)n1. The van der Waals surface area contributed by atoms with Gasteiger partial charge in [0.2, 0.25) is 5.95 Å². The van der Waals surface area contributed by atoms with E-state index >= 15 is 0 Å². The monoisotopic (exact) mass is 266 g/mol. The van der Waals surface area contributed by atoms with Crippen molar-refractivity contribution in [3.63, 3.8) is 0 Å². The minimum Gasteiger partial charge on any atom is -0.379 e. The lowest BCUT2D eigenvalue weighted by molar-refractivity contribution is 0.0454. The number of nitrogens with one attached hydrogen (secondary N) is 1. The van der Waals surface area contributed by atoms with Crippen LogP contribution in [0.2, 0.25) is 0 Å². The molecule has 1 aliphatic rings. The molecule has 1 aliphatic heterocycles. The summed E-state index contributed by atoms with van der Waals surface area (Å²) in [6.45, 7) is 1.42. The van der Waals surface area contributed by atoms with Crippen molar-refractivity contribution < 1.29 is 4.74 Å². The number of anilines is 1. The summed E-state index contributed by atoms with van der Waals surface area (Å²) in [7, 11) is 0. The minimum absolute atomic E-state index is 0.290. The van der Waals surface area contributed by atoms with E-state index < -0.39 is 0 Å². The fourth-order valence-electron chi connectivity index (χ4n) is 1.31. The Bertz CT molecular complexity index is 528. The van der Waals surface area contributed by atoms with Gasteiger partial charge in [-0.25, -0.2) is 10.8 Å². The molecule has 0 bridgehead atoms. The van der Waals surface area contributed by atoms with Crippen LogP contribution in [0.3, 0.4) is 0 Å². The van der Waals surface area contributed by atoms with Crippen molar-refractivity contribution in [3.05, 3.63) is 12.7 Å². The number of aromatic nitrogens is 6. The molecular weight excluding hydrogens is 256 g/mol. The lowest BCUT2D eigenvalue weighted by Gasteiger charge is -2.24. The van der Waals surface area contributed by atoms with Crippen molar-refractivity contribution in [3.8, 4) is 5.95 Å². The van der Waals surface area contributed by atoms with Crippen molar-refractivity contribution in [2.75, 3.05) is 18.6 Å². The number of rotatable bonds is 4. The fourth-order valence-corrected chi connectivity index (χ4v) is 2.21. The van der Waals surface area contributed by atoms with Crippen LogP contribution in [0.4, 0.5) is 5.95 Å². The summed E-state index contributed by atoms with van der Waals surface area (Å²) in [5.41, 5.74) is 2.41. The van der Waals surface area contributed by atoms with Crippen molar-refractivity contribution in [2.24, 2.45) is 5.84 Å². The Morgan fingerprint density at radius 2 is 2.28 bits per heavy atom. The van der Waals surface area contributed by atoms with Crippen LogP contribution in [0.1, 0.15) is 0 Å². The Kier molecular flexibility index (Phi) is 3.04. The molecule has 0 spiro atoms. The number of nitrogens with two attached hydrogens (primary N) is 1. The average Bonchev–Trinajstić information content (AvgIpc) is 2.87. The zero-order valence-electron chi connectivity index (χ0n) is 9.22. The standard InChI is InChI=1S/C8H10N8OS/c9-15-6-12-7(16-4-10-3-11-16)14-8(13-6)18-5-1-17-2-5/h3-5H,1-2,9H2,(H,12,13,14,15). The van der Waals surface area contributed by atoms with Gasteiger partial charge in [-0.2, -0.15) is 24.7 Å². The molecule has 1 fully saturated rings. The van der Waals surface area contributed by atoms with Gasteiger partial charge in [0.15, 0.2) is 5.16 Å². The maximum atomic E-state index is 5.34. The normalized spacial score (nSPS) is 15.4.